The van der Waals surface area contributed by atoms with Crippen LogP contribution in [-0.2, 0) is 11.3 Å². The Kier molecular flexibility index (Phi) is 4.40. The molecule has 0 spiro atoms. The topological polar surface area (TPSA) is 59.3 Å². The number of allylic oxidation sites excluding steroid dienone is 1. The smallest absolute Gasteiger partial charge is 0.349 e. The number of hydrogen-bond acceptors (Lipinski definition) is 2. The highest BCUT2D eigenvalue weighted by atomic mass is 35.5. The summed E-state index contributed by atoms with van der Waals surface area (Å²) in [5.74, 6) is -2.00. The third kappa shape index (κ3) is 2.57. The van der Waals surface area contributed by atoms with Crippen LogP contribution in [0.25, 0.3) is 10.9 Å². The normalized spacial score (nSPS) is 12.4. The van der Waals surface area contributed by atoms with Crippen molar-refractivity contribution in [3.63, 3.8) is 0 Å². The number of aryl methyl sites for hydroxylation is 1. The van der Waals surface area contributed by atoms with Crippen molar-refractivity contribution >= 4 is 45.9 Å². The Morgan fingerprint density at radius 3 is 2.38 bits per heavy atom. The summed E-state index contributed by atoms with van der Waals surface area (Å²) < 4.78 is 1.97. The molecule has 0 aliphatic heterocycles. The van der Waals surface area contributed by atoms with Crippen LogP contribution in [0.4, 0.5) is 0 Å². The lowest BCUT2D eigenvalue weighted by Gasteiger charge is -2.04. The number of carbonyl (C=O) groups is 2. The minimum Gasteiger partial charge on any atom is -0.477 e. The van der Waals surface area contributed by atoms with E-state index in [0.717, 1.165) is 16.6 Å². The van der Waals surface area contributed by atoms with Gasteiger partial charge in [0.05, 0.1) is 5.56 Å². The van der Waals surface area contributed by atoms with Crippen molar-refractivity contribution in [2.24, 2.45) is 0 Å². The second kappa shape index (κ2) is 5.92. The molecule has 1 heterocycles. The van der Waals surface area contributed by atoms with Gasteiger partial charge in [0.2, 0.25) is 5.78 Å². The zero-order valence-corrected chi connectivity index (χ0v) is 13.0. The van der Waals surface area contributed by atoms with Gasteiger partial charge in [-0.15, -0.1) is 0 Å². The number of benzene rings is 1. The van der Waals surface area contributed by atoms with E-state index in [-0.39, 0.29) is 0 Å². The molecule has 6 heteroatoms. The van der Waals surface area contributed by atoms with Gasteiger partial charge in [-0.1, -0.05) is 41.4 Å². The van der Waals surface area contributed by atoms with E-state index in [4.69, 9.17) is 28.3 Å². The van der Waals surface area contributed by atoms with Crippen molar-refractivity contribution in [3.8, 4) is 0 Å². The average molecular weight is 326 g/mol. The predicted octanol–water partition coefficient (Wildman–Crippen LogP) is 3.93. The number of ketones is 1. The number of aromatic nitrogens is 1. The van der Waals surface area contributed by atoms with Crippen LogP contribution in [-0.4, -0.2) is 21.4 Å². The number of carboxylic acid groups (broad SMARTS) is 1. The minimum absolute atomic E-state index is 0.386. The number of carbonyl (C=O) groups excluding carboxylic acids is 1. The van der Waals surface area contributed by atoms with Crippen molar-refractivity contribution in [3.05, 3.63) is 45.6 Å². The van der Waals surface area contributed by atoms with E-state index in [2.05, 4.69) is 0 Å². The first-order chi connectivity index (χ1) is 9.90. The molecule has 0 aliphatic rings. The van der Waals surface area contributed by atoms with E-state index in [1.807, 2.05) is 29.7 Å². The number of fused-ring (bicyclic) bond motifs is 1. The molecule has 0 atom stereocenters. The summed E-state index contributed by atoms with van der Waals surface area (Å²) in [5, 5.41) is 8.43. The van der Waals surface area contributed by atoms with E-state index >= 15 is 0 Å². The minimum atomic E-state index is -1.42. The van der Waals surface area contributed by atoms with E-state index in [1.165, 1.54) is 0 Å². The number of nitrogens with zero attached hydrogens (tertiary/aromatic N) is 1. The predicted molar refractivity (Wildman–Crippen MR) is 83.0 cm³/mol. The first kappa shape index (κ1) is 15.6. The van der Waals surface area contributed by atoms with Crippen molar-refractivity contribution in [1.29, 1.82) is 0 Å². The highest BCUT2D eigenvalue weighted by molar-refractivity contribution is 6.55. The highest BCUT2D eigenvalue weighted by Crippen LogP contribution is 2.30. The largest absolute Gasteiger partial charge is 0.477 e. The Morgan fingerprint density at radius 2 is 1.81 bits per heavy atom. The third-order valence-electron chi connectivity index (χ3n) is 3.35. The molecule has 0 unspecified atom stereocenters. The number of Topliss-reactive ketones (excluding diaryl/α,β-unsaturated/α-hetero) is 1. The maximum atomic E-state index is 12.5. The lowest BCUT2D eigenvalue weighted by Crippen LogP contribution is -2.07. The number of para-hydroxylation sites is 1. The molecule has 0 radical (unpaired) electrons. The molecular formula is C15H13Cl2NO3. The van der Waals surface area contributed by atoms with Gasteiger partial charge in [-0.2, -0.15) is 0 Å². The molecule has 110 valence electrons. The van der Waals surface area contributed by atoms with E-state index < -0.39 is 21.8 Å². The lowest BCUT2D eigenvalue weighted by molar-refractivity contribution is -0.131. The first-order valence-corrected chi connectivity index (χ1v) is 7.06. The second-order valence-electron chi connectivity index (χ2n) is 4.48. The van der Waals surface area contributed by atoms with Crippen LogP contribution in [0.3, 0.4) is 0 Å². The summed E-state index contributed by atoms with van der Waals surface area (Å²) in [4.78, 5) is 23.4. The van der Waals surface area contributed by atoms with Gasteiger partial charge in [-0.25, -0.2) is 4.79 Å². The van der Waals surface area contributed by atoms with Gasteiger partial charge in [-0.05, 0) is 19.9 Å². The van der Waals surface area contributed by atoms with Crippen LogP contribution in [0.5, 0.6) is 0 Å². The van der Waals surface area contributed by atoms with Gasteiger partial charge >= 0.3 is 5.97 Å². The first-order valence-electron chi connectivity index (χ1n) is 6.31. The van der Waals surface area contributed by atoms with Crippen LogP contribution >= 0.6 is 23.2 Å². The quantitative estimate of drug-likeness (QED) is 0.684. The fourth-order valence-electron chi connectivity index (χ4n) is 2.43. The van der Waals surface area contributed by atoms with Crippen LogP contribution in [0.15, 0.2) is 34.3 Å². The number of aliphatic carboxylic acids is 1. The maximum Gasteiger partial charge on any atom is 0.349 e. The molecule has 21 heavy (non-hydrogen) atoms. The van der Waals surface area contributed by atoms with Crippen LogP contribution in [0.2, 0.25) is 0 Å². The van der Waals surface area contributed by atoms with Crippen molar-refractivity contribution < 1.29 is 14.7 Å². The number of carboxylic acids is 1. The monoisotopic (exact) mass is 325 g/mol. The lowest BCUT2D eigenvalue weighted by atomic mass is 10.1. The second-order valence-corrected chi connectivity index (χ2v) is 5.24. The Bertz CT molecular complexity index is 775. The van der Waals surface area contributed by atoms with Crippen molar-refractivity contribution in [1.82, 2.24) is 4.57 Å². The van der Waals surface area contributed by atoms with E-state index in [1.54, 1.807) is 13.0 Å². The van der Waals surface area contributed by atoms with Gasteiger partial charge in [0, 0.05) is 23.1 Å². The summed E-state index contributed by atoms with van der Waals surface area (Å²) in [5.41, 5.74) is 2.02. The molecule has 0 amide bonds. The Labute approximate surface area is 131 Å². The molecule has 1 aromatic carbocycles. The van der Waals surface area contributed by atoms with E-state index in [9.17, 15) is 9.59 Å². The molecule has 4 nitrogen and oxygen atoms in total. The standard InChI is InChI=1S/C15H13Cl2NO3/c1-3-18-8(2)11(9-6-4-5-7-10(9)18)14(19)12(16)13(17)15(20)21/h4-7H,3H2,1-2H3,(H,20,21)/b13-12+. The fraction of sp³-hybridized carbons (Fsp3) is 0.200. The van der Waals surface area contributed by atoms with Gasteiger partial charge in [0.25, 0.3) is 0 Å². The molecule has 0 saturated heterocycles. The SMILES string of the molecule is CCn1c(C)c(C(=O)/C(Cl)=C(\Cl)C(=O)O)c2ccccc21. The molecule has 0 bridgehead atoms. The molecule has 1 aromatic heterocycles. The van der Waals surface area contributed by atoms with Crippen LogP contribution in [0.1, 0.15) is 23.0 Å². The van der Waals surface area contributed by atoms with Gasteiger partial charge in [0.1, 0.15) is 10.1 Å². The summed E-state index contributed by atoms with van der Waals surface area (Å²) in [6.45, 7) is 4.46. The Hall–Kier alpha value is -1.78. The van der Waals surface area contributed by atoms with Crippen LogP contribution < -0.4 is 0 Å². The maximum absolute atomic E-state index is 12.5. The summed E-state index contributed by atoms with van der Waals surface area (Å²) in [6, 6.07) is 7.40. The van der Waals surface area contributed by atoms with Crippen molar-refractivity contribution in [2.45, 2.75) is 20.4 Å². The molecule has 0 saturated carbocycles. The Morgan fingerprint density at radius 1 is 1.19 bits per heavy atom. The van der Waals surface area contributed by atoms with Gasteiger partial charge in [-0.3, -0.25) is 4.79 Å². The number of rotatable bonds is 4. The zero-order valence-electron chi connectivity index (χ0n) is 11.5. The fourth-order valence-corrected chi connectivity index (χ4v) is 2.69. The highest BCUT2D eigenvalue weighted by Gasteiger charge is 2.24. The zero-order chi connectivity index (χ0) is 15.7. The number of hydrogen-bond donors (Lipinski definition) is 1. The molecular weight excluding hydrogens is 313 g/mol. The summed E-state index contributed by atoms with van der Waals surface area (Å²) >= 11 is 11.4. The molecule has 2 aromatic rings. The van der Waals surface area contributed by atoms with Gasteiger partial charge in [0.15, 0.2) is 0 Å². The van der Waals surface area contributed by atoms with E-state index in [0.29, 0.717) is 12.1 Å². The van der Waals surface area contributed by atoms with Gasteiger partial charge < -0.3 is 9.67 Å². The summed E-state index contributed by atoms with van der Waals surface area (Å²) in [7, 11) is 0. The molecule has 1 N–H and O–H groups in total. The van der Waals surface area contributed by atoms with Crippen molar-refractivity contribution in [2.75, 3.05) is 0 Å². The molecule has 2 rings (SSSR count). The van der Waals surface area contributed by atoms with Crippen LogP contribution in [0, 0.1) is 6.92 Å². The third-order valence-corrected chi connectivity index (χ3v) is 4.16. The molecule has 0 fully saturated rings. The Balaban J connectivity index is 2.73. The number of halogens is 2. The summed E-state index contributed by atoms with van der Waals surface area (Å²) in [6.07, 6.45) is 0. The molecule has 0 aliphatic carbocycles. The average Bonchev–Trinajstić information content (AvgIpc) is 2.76.